The van der Waals surface area contributed by atoms with Gasteiger partial charge < -0.3 is 10.6 Å². The Morgan fingerprint density at radius 1 is 1.57 bits per heavy atom. The molecule has 2 N–H and O–H groups in total. The van der Waals surface area contributed by atoms with Crippen molar-refractivity contribution >= 4 is 21.7 Å². The van der Waals surface area contributed by atoms with E-state index in [1.165, 1.54) is 0 Å². The van der Waals surface area contributed by atoms with Crippen molar-refractivity contribution in [1.29, 1.82) is 0 Å². The molecule has 1 fully saturated rings. The maximum Gasteiger partial charge on any atom is 0.142 e. The highest BCUT2D eigenvalue weighted by atomic mass is 79.9. The maximum atomic E-state index is 5.93. The van der Waals surface area contributed by atoms with Gasteiger partial charge in [-0.15, -0.1) is 0 Å². The van der Waals surface area contributed by atoms with Crippen molar-refractivity contribution in [1.82, 2.24) is 4.98 Å². The smallest absolute Gasteiger partial charge is 0.142 e. The predicted octanol–water partition coefficient (Wildman–Crippen LogP) is 1.77. The van der Waals surface area contributed by atoms with E-state index >= 15 is 0 Å². The molecule has 2 rings (SSSR count). The lowest BCUT2D eigenvalue weighted by Gasteiger charge is -2.32. The predicted molar refractivity (Wildman–Crippen MR) is 61.4 cm³/mol. The summed E-state index contributed by atoms with van der Waals surface area (Å²) in [6.45, 7) is 1.97. The van der Waals surface area contributed by atoms with Crippen LogP contribution in [0.15, 0.2) is 22.8 Å². The van der Waals surface area contributed by atoms with Gasteiger partial charge in [-0.2, -0.15) is 0 Å². The van der Waals surface area contributed by atoms with Crippen molar-refractivity contribution in [3.63, 3.8) is 0 Å². The lowest BCUT2D eigenvalue weighted by molar-refractivity contribution is 0.503. The van der Waals surface area contributed by atoms with E-state index in [0.717, 1.165) is 36.2 Å². The molecular weight excluding hydrogens is 242 g/mol. The van der Waals surface area contributed by atoms with E-state index in [4.69, 9.17) is 5.73 Å². The van der Waals surface area contributed by atoms with Gasteiger partial charge in [-0.1, -0.05) is 0 Å². The summed E-state index contributed by atoms with van der Waals surface area (Å²) in [5, 5.41) is 0. The molecule has 3 nitrogen and oxygen atoms in total. The Morgan fingerprint density at radius 2 is 2.43 bits per heavy atom. The van der Waals surface area contributed by atoms with Gasteiger partial charge in [0.15, 0.2) is 0 Å². The number of aromatic nitrogens is 1. The molecule has 1 atom stereocenters. The molecule has 0 aromatic carbocycles. The Morgan fingerprint density at radius 3 is 3.14 bits per heavy atom. The van der Waals surface area contributed by atoms with E-state index in [9.17, 15) is 0 Å². The topological polar surface area (TPSA) is 42.1 Å². The minimum atomic E-state index is 0.289. The zero-order valence-electron chi connectivity index (χ0n) is 7.99. The molecule has 0 radical (unpaired) electrons. The molecule has 1 aromatic heterocycles. The lowest BCUT2D eigenvalue weighted by Crippen LogP contribution is -2.43. The molecule has 0 amide bonds. The number of nitrogens with two attached hydrogens (primary N) is 1. The highest BCUT2D eigenvalue weighted by Gasteiger charge is 2.19. The fourth-order valence-corrected chi connectivity index (χ4v) is 2.32. The Labute approximate surface area is 92.4 Å². The fourth-order valence-electron chi connectivity index (χ4n) is 1.81. The Balaban J connectivity index is 2.18. The third-order valence-corrected chi connectivity index (χ3v) is 3.12. The van der Waals surface area contributed by atoms with Crippen LogP contribution in [0.5, 0.6) is 0 Å². The molecule has 1 aromatic rings. The standard InChI is InChI=1S/C10H14BrN3/c11-9-4-1-5-13-10(9)14-6-2-3-8(12)7-14/h1,4-5,8H,2-3,6-7,12H2. The summed E-state index contributed by atoms with van der Waals surface area (Å²) >= 11 is 3.51. The van der Waals surface area contributed by atoms with Gasteiger partial charge in [-0.25, -0.2) is 4.98 Å². The summed E-state index contributed by atoms with van der Waals surface area (Å²) in [6, 6.07) is 4.23. The molecular formula is C10H14BrN3. The van der Waals surface area contributed by atoms with Crippen LogP contribution in [0.1, 0.15) is 12.8 Å². The second-order valence-corrected chi connectivity index (χ2v) is 4.51. The zero-order valence-corrected chi connectivity index (χ0v) is 9.57. The first-order valence-electron chi connectivity index (χ1n) is 4.88. The summed E-state index contributed by atoms with van der Waals surface area (Å²) in [5.74, 6) is 1.02. The second kappa shape index (κ2) is 4.28. The van der Waals surface area contributed by atoms with Crippen LogP contribution in [-0.2, 0) is 0 Å². The van der Waals surface area contributed by atoms with Gasteiger partial charge in [-0.3, -0.25) is 0 Å². The van der Waals surface area contributed by atoms with Crippen molar-refractivity contribution in [2.75, 3.05) is 18.0 Å². The molecule has 0 spiro atoms. The fraction of sp³-hybridized carbons (Fsp3) is 0.500. The normalized spacial score (nSPS) is 22.4. The van der Waals surface area contributed by atoms with Gasteiger partial charge in [-0.05, 0) is 40.9 Å². The highest BCUT2D eigenvalue weighted by Crippen LogP contribution is 2.25. The summed E-state index contributed by atoms with van der Waals surface area (Å²) in [4.78, 5) is 6.61. The molecule has 0 saturated carbocycles. The Kier molecular flexibility index (Phi) is 3.03. The average molecular weight is 256 g/mol. The maximum absolute atomic E-state index is 5.93. The van der Waals surface area contributed by atoms with Crippen molar-refractivity contribution in [3.05, 3.63) is 22.8 Å². The monoisotopic (exact) mass is 255 g/mol. The van der Waals surface area contributed by atoms with Gasteiger partial charge in [0.1, 0.15) is 5.82 Å². The van der Waals surface area contributed by atoms with Gasteiger partial charge >= 0.3 is 0 Å². The van der Waals surface area contributed by atoms with Gasteiger partial charge in [0.25, 0.3) is 0 Å². The SMILES string of the molecule is NC1CCCN(c2ncccc2Br)C1. The number of hydrogen-bond donors (Lipinski definition) is 1. The van der Waals surface area contributed by atoms with E-state index < -0.39 is 0 Å². The van der Waals surface area contributed by atoms with Crippen molar-refractivity contribution in [2.24, 2.45) is 5.73 Å². The van der Waals surface area contributed by atoms with E-state index in [1.807, 2.05) is 18.3 Å². The van der Waals surface area contributed by atoms with Crippen LogP contribution in [0.2, 0.25) is 0 Å². The van der Waals surface area contributed by atoms with E-state index in [0.29, 0.717) is 0 Å². The molecule has 0 bridgehead atoms. The van der Waals surface area contributed by atoms with Crippen LogP contribution in [-0.4, -0.2) is 24.1 Å². The number of anilines is 1. The molecule has 2 heterocycles. The summed E-state index contributed by atoms with van der Waals surface area (Å²) in [7, 11) is 0. The zero-order chi connectivity index (χ0) is 9.97. The number of halogens is 1. The van der Waals surface area contributed by atoms with Gasteiger partial charge in [0.2, 0.25) is 0 Å². The number of piperidine rings is 1. The van der Waals surface area contributed by atoms with Crippen LogP contribution in [0.25, 0.3) is 0 Å². The quantitative estimate of drug-likeness (QED) is 0.832. The molecule has 4 heteroatoms. The third-order valence-electron chi connectivity index (χ3n) is 2.50. The average Bonchev–Trinajstić information content (AvgIpc) is 2.18. The van der Waals surface area contributed by atoms with E-state index in [-0.39, 0.29) is 6.04 Å². The molecule has 1 aliphatic rings. The third kappa shape index (κ3) is 2.07. The van der Waals surface area contributed by atoms with E-state index in [2.05, 4.69) is 25.8 Å². The van der Waals surface area contributed by atoms with Gasteiger partial charge in [0.05, 0.1) is 4.47 Å². The minimum absolute atomic E-state index is 0.289. The number of hydrogen-bond acceptors (Lipinski definition) is 3. The minimum Gasteiger partial charge on any atom is -0.354 e. The number of nitrogens with zero attached hydrogens (tertiary/aromatic N) is 2. The van der Waals surface area contributed by atoms with Crippen molar-refractivity contribution in [2.45, 2.75) is 18.9 Å². The van der Waals surface area contributed by atoms with Crippen LogP contribution in [0, 0.1) is 0 Å². The van der Waals surface area contributed by atoms with Crippen molar-refractivity contribution < 1.29 is 0 Å². The van der Waals surface area contributed by atoms with Crippen LogP contribution in [0.3, 0.4) is 0 Å². The number of pyridine rings is 1. The highest BCUT2D eigenvalue weighted by molar-refractivity contribution is 9.10. The molecule has 0 aliphatic carbocycles. The largest absolute Gasteiger partial charge is 0.354 e. The second-order valence-electron chi connectivity index (χ2n) is 3.66. The van der Waals surface area contributed by atoms with Crippen molar-refractivity contribution in [3.8, 4) is 0 Å². The molecule has 1 unspecified atom stereocenters. The molecule has 76 valence electrons. The van der Waals surface area contributed by atoms with E-state index in [1.54, 1.807) is 0 Å². The Hall–Kier alpha value is -0.610. The van der Waals surface area contributed by atoms with Crippen LogP contribution in [0.4, 0.5) is 5.82 Å². The summed E-state index contributed by atoms with van der Waals surface area (Å²) in [6.07, 6.45) is 4.10. The molecule has 14 heavy (non-hydrogen) atoms. The first kappa shape index (κ1) is 9.93. The Bertz CT molecular complexity index is 316. The summed E-state index contributed by atoms with van der Waals surface area (Å²) < 4.78 is 1.05. The molecule has 1 saturated heterocycles. The number of rotatable bonds is 1. The van der Waals surface area contributed by atoms with Gasteiger partial charge in [0, 0.05) is 25.3 Å². The van der Waals surface area contributed by atoms with Crippen LogP contribution >= 0.6 is 15.9 Å². The summed E-state index contributed by atoms with van der Waals surface area (Å²) in [5.41, 5.74) is 5.93. The molecule has 1 aliphatic heterocycles. The lowest BCUT2D eigenvalue weighted by atomic mass is 10.1. The first-order chi connectivity index (χ1) is 6.77. The first-order valence-corrected chi connectivity index (χ1v) is 5.68. The van der Waals surface area contributed by atoms with Crippen LogP contribution < -0.4 is 10.6 Å².